The first-order chi connectivity index (χ1) is 10.2. The van der Waals surface area contributed by atoms with Crippen molar-refractivity contribution in [1.82, 2.24) is 15.0 Å². The number of aromatic nitrogens is 1. The van der Waals surface area contributed by atoms with Gasteiger partial charge in [0.25, 0.3) is 0 Å². The van der Waals surface area contributed by atoms with E-state index in [0.29, 0.717) is 19.6 Å². The van der Waals surface area contributed by atoms with Crippen LogP contribution in [0.5, 0.6) is 0 Å². The predicted molar refractivity (Wildman–Crippen MR) is 81.8 cm³/mol. The highest BCUT2D eigenvalue weighted by molar-refractivity contribution is 5.78. The van der Waals surface area contributed by atoms with Crippen LogP contribution in [0.2, 0.25) is 0 Å². The Bertz CT molecular complexity index is 499. The van der Waals surface area contributed by atoms with Crippen LogP contribution in [0.25, 0.3) is 0 Å². The Morgan fingerprint density at radius 2 is 2.24 bits per heavy atom. The number of hydrogen-bond acceptors (Lipinski definition) is 4. The molecular weight excluding hydrogens is 266 g/mol. The summed E-state index contributed by atoms with van der Waals surface area (Å²) in [5, 5.41) is 3.95. The van der Waals surface area contributed by atoms with E-state index in [4.69, 9.17) is 4.52 Å². The van der Waals surface area contributed by atoms with Crippen molar-refractivity contribution in [3.63, 3.8) is 0 Å². The van der Waals surface area contributed by atoms with Crippen LogP contribution in [0.3, 0.4) is 0 Å². The van der Waals surface area contributed by atoms with Crippen molar-refractivity contribution < 1.29 is 9.32 Å². The number of likely N-dealkylation sites (tertiary alicyclic amines) is 1. The first kappa shape index (κ1) is 15.5. The second-order valence-corrected chi connectivity index (χ2v) is 5.38. The van der Waals surface area contributed by atoms with Crippen LogP contribution in [0, 0.1) is 6.92 Å². The highest BCUT2D eigenvalue weighted by Crippen LogP contribution is 2.31. The standard InChI is InChI=1S/C16H23N3O2/c1-4-8-18(9-5-2)16(20)12-19-10-6-7-14(19)15-11-13(3)17-21-15/h4-5,11,14H,1-2,6-10,12H2,3H3/t14-/m1/s1. The highest BCUT2D eigenvalue weighted by Gasteiger charge is 2.31. The molecule has 21 heavy (non-hydrogen) atoms. The molecule has 1 amide bonds. The van der Waals surface area contributed by atoms with Gasteiger partial charge in [0.15, 0.2) is 5.76 Å². The number of carbonyl (C=O) groups excluding carboxylic acids is 1. The number of carbonyl (C=O) groups is 1. The molecule has 5 nitrogen and oxygen atoms in total. The Hall–Kier alpha value is -1.88. The van der Waals surface area contributed by atoms with Crippen LogP contribution in [0.4, 0.5) is 0 Å². The van der Waals surface area contributed by atoms with Crippen LogP contribution in [-0.4, -0.2) is 47.0 Å². The zero-order valence-corrected chi connectivity index (χ0v) is 12.6. The summed E-state index contributed by atoms with van der Waals surface area (Å²) in [5.41, 5.74) is 0.878. The fourth-order valence-corrected chi connectivity index (χ4v) is 2.74. The number of rotatable bonds is 7. The maximum Gasteiger partial charge on any atom is 0.237 e. The van der Waals surface area contributed by atoms with Crippen molar-refractivity contribution in [1.29, 1.82) is 0 Å². The van der Waals surface area contributed by atoms with Crippen molar-refractivity contribution in [2.24, 2.45) is 0 Å². The third kappa shape index (κ3) is 3.82. The molecule has 2 heterocycles. The molecule has 5 heteroatoms. The van der Waals surface area contributed by atoms with Crippen LogP contribution < -0.4 is 0 Å². The third-order valence-electron chi connectivity index (χ3n) is 3.73. The molecule has 1 saturated heterocycles. The Morgan fingerprint density at radius 3 is 2.81 bits per heavy atom. The molecule has 1 aliphatic rings. The number of hydrogen-bond donors (Lipinski definition) is 0. The Balaban J connectivity index is 2.01. The zero-order chi connectivity index (χ0) is 15.2. The molecule has 0 bridgehead atoms. The van der Waals surface area contributed by atoms with E-state index in [1.54, 1.807) is 17.1 Å². The normalized spacial score (nSPS) is 18.6. The fourth-order valence-electron chi connectivity index (χ4n) is 2.74. The molecule has 0 N–H and O–H groups in total. The number of amides is 1. The molecule has 1 aromatic rings. The topological polar surface area (TPSA) is 49.6 Å². The third-order valence-corrected chi connectivity index (χ3v) is 3.73. The van der Waals surface area contributed by atoms with Gasteiger partial charge in [-0.2, -0.15) is 0 Å². The monoisotopic (exact) mass is 289 g/mol. The molecule has 2 rings (SSSR count). The van der Waals surface area contributed by atoms with Gasteiger partial charge in [-0.3, -0.25) is 9.69 Å². The van der Waals surface area contributed by atoms with E-state index in [2.05, 4.69) is 23.2 Å². The average Bonchev–Trinajstić information content (AvgIpc) is 3.07. The van der Waals surface area contributed by atoms with Gasteiger partial charge < -0.3 is 9.42 Å². The predicted octanol–water partition coefficient (Wildman–Crippen LogP) is 2.32. The van der Waals surface area contributed by atoms with Crippen molar-refractivity contribution in [3.8, 4) is 0 Å². The van der Waals surface area contributed by atoms with Crippen molar-refractivity contribution in [2.45, 2.75) is 25.8 Å². The molecule has 0 saturated carbocycles. The van der Waals surface area contributed by atoms with Crippen LogP contribution in [0.1, 0.15) is 30.3 Å². The van der Waals surface area contributed by atoms with Gasteiger partial charge in [0.05, 0.1) is 18.3 Å². The summed E-state index contributed by atoms with van der Waals surface area (Å²) in [6, 6.07) is 2.11. The largest absolute Gasteiger partial charge is 0.359 e. The lowest BCUT2D eigenvalue weighted by atomic mass is 10.1. The summed E-state index contributed by atoms with van der Waals surface area (Å²) in [7, 11) is 0. The molecule has 1 aliphatic heterocycles. The maximum atomic E-state index is 12.4. The van der Waals surface area contributed by atoms with Gasteiger partial charge in [-0.15, -0.1) is 13.2 Å². The van der Waals surface area contributed by atoms with Gasteiger partial charge in [0.1, 0.15) is 0 Å². The quantitative estimate of drug-likeness (QED) is 0.723. The second kappa shape index (κ2) is 7.22. The maximum absolute atomic E-state index is 12.4. The molecule has 1 fully saturated rings. The van der Waals surface area contributed by atoms with Crippen molar-refractivity contribution in [2.75, 3.05) is 26.2 Å². The van der Waals surface area contributed by atoms with Gasteiger partial charge in [0, 0.05) is 19.2 Å². The lowest BCUT2D eigenvalue weighted by molar-refractivity contribution is -0.131. The van der Waals surface area contributed by atoms with Crippen LogP contribution >= 0.6 is 0 Å². The van der Waals surface area contributed by atoms with E-state index in [9.17, 15) is 4.79 Å². The first-order valence-electron chi connectivity index (χ1n) is 7.32. The van der Waals surface area contributed by atoms with Crippen LogP contribution in [0.15, 0.2) is 35.9 Å². The highest BCUT2D eigenvalue weighted by atomic mass is 16.5. The number of aryl methyl sites for hydroxylation is 1. The van der Waals surface area contributed by atoms with E-state index >= 15 is 0 Å². The van der Waals surface area contributed by atoms with E-state index in [1.165, 1.54) is 0 Å². The first-order valence-corrected chi connectivity index (χ1v) is 7.32. The Labute approximate surface area is 125 Å². The second-order valence-electron chi connectivity index (χ2n) is 5.38. The van der Waals surface area contributed by atoms with E-state index in [1.807, 2.05) is 13.0 Å². The summed E-state index contributed by atoms with van der Waals surface area (Å²) in [6.07, 6.45) is 5.55. The Morgan fingerprint density at radius 1 is 1.52 bits per heavy atom. The van der Waals surface area contributed by atoms with Gasteiger partial charge in [-0.1, -0.05) is 17.3 Å². The molecule has 0 spiro atoms. The van der Waals surface area contributed by atoms with Gasteiger partial charge in [0.2, 0.25) is 5.91 Å². The molecule has 0 aromatic carbocycles. The molecule has 1 aromatic heterocycles. The minimum Gasteiger partial charge on any atom is -0.359 e. The molecule has 0 radical (unpaired) electrons. The van der Waals surface area contributed by atoms with Gasteiger partial charge >= 0.3 is 0 Å². The van der Waals surface area contributed by atoms with Crippen molar-refractivity contribution in [3.05, 3.63) is 42.8 Å². The molecule has 1 atom stereocenters. The lowest BCUT2D eigenvalue weighted by Crippen LogP contribution is -2.40. The fraction of sp³-hybridized carbons (Fsp3) is 0.500. The summed E-state index contributed by atoms with van der Waals surface area (Å²) in [4.78, 5) is 16.3. The Kier molecular flexibility index (Phi) is 5.33. The van der Waals surface area contributed by atoms with E-state index < -0.39 is 0 Å². The lowest BCUT2D eigenvalue weighted by Gasteiger charge is -2.26. The van der Waals surface area contributed by atoms with Gasteiger partial charge in [-0.05, 0) is 26.3 Å². The van der Waals surface area contributed by atoms with Gasteiger partial charge in [-0.25, -0.2) is 0 Å². The minimum absolute atomic E-state index is 0.0953. The van der Waals surface area contributed by atoms with Crippen molar-refractivity contribution >= 4 is 5.91 Å². The summed E-state index contributed by atoms with van der Waals surface area (Å²) >= 11 is 0. The summed E-state index contributed by atoms with van der Waals surface area (Å²) in [5.74, 6) is 0.953. The van der Waals surface area contributed by atoms with E-state index in [-0.39, 0.29) is 11.9 Å². The summed E-state index contributed by atoms with van der Waals surface area (Å²) in [6.45, 7) is 11.7. The van der Waals surface area contributed by atoms with Crippen LogP contribution in [-0.2, 0) is 4.79 Å². The molecular formula is C16H23N3O2. The average molecular weight is 289 g/mol. The SMILES string of the molecule is C=CCN(CC=C)C(=O)CN1CCC[C@@H]1c1cc(C)no1. The van der Waals surface area contributed by atoms with E-state index in [0.717, 1.165) is 30.8 Å². The molecule has 114 valence electrons. The smallest absolute Gasteiger partial charge is 0.237 e. The summed E-state index contributed by atoms with van der Waals surface area (Å²) < 4.78 is 5.37. The number of nitrogens with zero attached hydrogens (tertiary/aromatic N) is 3. The minimum atomic E-state index is 0.0953. The molecule has 0 unspecified atom stereocenters. The molecule has 0 aliphatic carbocycles. The zero-order valence-electron chi connectivity index (χ0n) is 12.6.